The first-order valence-corrected chi connectivity index (χ1v) is 8.73. The average molecular weight is 370 g/mol. The van der Waals surface area contributed by atoms with Crippen molar-refractivity contribution in [2.45, 2.75) is 32.4 Å². The lowest BCUT2D eigenvalue weighted by Gasteiger charge is -2.26. The van der Waals surface area contributed by atoms with Crippen molar-refractivity contribution >= 4 is 16.8 Å². The smallest absolute Gasteiger partial charge is 0.267 e. The summed E-state index contributed by atoms with van der Waals surface area (Å²) in [5.41, 5.74) is 0.975. The van der Waals surface area contributed by atoms with Crippen LogP contribution in [0.2, 0.25) is 0 Å². The zero-order valence-electron chi connectivity index (χ0n) is 15.0. The van der Waals surface area contributed by atoms with E-state index in [-0.39, 0.29) is 23.5 Å². The van der Waals surface area contributed by atoms with Crippen molar-refractivity contribution in [2.24, 2.45) is 7.05 Å². The summed E-state index contributed by atoms with van der Waals surface area (Å²) in [5.74, 6) is -1.69. The van der Waals surface area contributed by atoms with Crippen molar-refractivity contribution in [1.82, 2.24) is 19.7 Å². The normalized spacial score (nSPS) is 15.9. The summed E-state index contributed by atoms with van der Waals surface area (Å²) in [7, 11) is 1.74. The van der Waals surface area contributed by atoms with Crippen molar-refractivity contribution in [1.29, 1.82) is 0 Å². The lowest BCUT2D eigenvalue weighted by atomic mass is 9.95. The molecule has 1 aromatic carbocycles. The number of aryl methyl sites for hydroxylation is 2. The summed E-state index contributed by atoms with van der Waals surface area (Å²) in [6, 6.07) is 4.13. The highest BCUT2D eigenvalue weighted by atomic mass is 19.1. The van der Waals surface area contributed by atoms with Gasteiger partial charge in [-0.15, -0.1) is 0 Å². The van der Waals surface area contributed by atoms with Crippen LogP contribution in [0.5, 0.6) is 5.75 Å². The van der Waals surface area contributed by atoms with E-state index in [0.717, 1.165) is 5.69 Å². The zero-order valence-corrected chi connectivity index (χ0v) is 15.0. The second-order valence-electron chi connectivity index (χ2n) is 6.88. The molecule has 2 aromatic heterocycles. The van der Waals surface area contributed by atoms with Crippen LogP contribution in [0.3, 0.4) is 0 Å². The molecule has 140 valence electrons. The Morgan fingerprint density at radius 3 is 2.93 bits per heavy atom. The van der Waals surface area contributed by atoms with Crippen LogP contribution in [-0.2, 0) is 20.0 Å². The first-order chi connectivity index (χ1) is 12.9. The summed E-state index contributed by atoms with van der Waals surface area (Å²) < 4.78 is 17.1. The van der Waals surface area contributed by atoms with Crippen molar-refractivity contribution in [3.05, 3.63) is 57.4 Å². The Morgan fingerprint density at radius 2 is 2.22 bits per heavy atom. The number of nitrogens with one attached hydrogen (secondary N) is 1. The maximum atomic E-state index is 14.0. The number of nitrogens with zero attached hydrogens (tertiary/aromatic N) is 3. The molecule has 0 saturated heterocycles. The van der Waals surface area contributed by atoms with Gasteiger partial charge in [0, 0.05) is 24.7 Å². The Balaban J connectivity index is 1.85. The summed E-state index contributed by atoms with van der Waals surface area (Å²) in [6.45, 7) is 2.03. The molecular weight excluding hydrogens is 351 g/mol. The van der Waals surface area contributed by atoms with Crippen molar-refractivity contribution < 1.29 is 14.3 Å². The van der Waals surface area contributed by atoms with E-state index in [2.05, 4.69) is 10.4 Å². The Bertz CT molecular complexity index is 1130. The molecule has 3 aromatic rings. The van der Waals surface area contributed by atoms with Crippen LogP contribution in [0, 0.1) is 5.82 Å². The van der Waals surface area contributed by atoms with Crippen LogP contribution >= 0.6 is 0 Å². The topological polar surface area (TPSA) is 89.2 Å². The molecular formula is C19H19FN4O3. The lowest BCUT2D eigenvalue weighted by Crippen LogP contribution is -2.36. The third kappa shape index (κ3) is 2.68. The second-order valence-corrected chi connectivity index (χ2v) is 6.88. The van der Waals surface area contributed by atoms with Gasteiger partial charge in [0.25, 0.3) is 11.5 Å². The van der Waals surface area contributed by atoms with Gasteiger partial charge in [-0.2, -0.15) is 5.10 Å². The monoisotopic (exact) mass is 370 g/mol. The SMILES string of the molecule is CC1CCc2cc(F)cc3c(O)c(C(=O)NCc4ccnn4C)c(=O)n1c23. The van der Waals surface area contributed by atoms with E-state index in [1.807, 2.05) is 6.92 Å². The maximum absolute atomic E-state index is 14.0. The van der Waals surface area contributed by atoms with E-state index >= 15 is 0 Å². The number of hydrogen-bond acceptors (Lipinski definition) is 4. The number of pyridine rings is 1. The molecule has 3 heterocycles. The highest BCUT2D eigenvalue weighted by Crippen LogP contribution is 2.35. The Morgan fingerprint density at radius 1 is 1.44 bits per heavy atom. The van der Waals surface area contributed by atoms with Gasteiger partial charge in [-0.1, -0.05) is 0 Å². The van der Waals surface area contributed by atoms with Crippen LogP contribution in [0.4, 0.5) is 4.39 Å². The molecule has 27 heavy (non-hydrogen) atoms. The van der Waals surface area contributed by atoms with E-state index in [4.69, 9.17) is 0 Å². The van der Waals surface area contributed by atoms with E-state index < -0.39 is 23.0 Å². The van der Waals surface area contributed by atoms with Gasteiger partial charge in [-0.05, 0) is 43.5 Å². The van der Waals surface area contributed by atoms with E-state index in [1.54, 1.807) is 24.0 Å². The van der Waals surface area contributed by atoms with E-state index in [9.17, 15) is 19.1 Å². The molecule has 8 heteroatoms. The van der Waals surface area contributed by atoms with Crippen molar-refractivity contribution in [3.63, 3.8) is 0 Å². The van der Waals surface area contributed by atoms with Gasteiger partial charge in [0.05, 0.1) is 17.8 Å². The fraction of sp³-hybridized carbons (Fsp3) is 0.316. The van der Waals surface area contributed by atoms with Gasteiger partial charge in [0.1, 0.15) is 17.1 Å². The molecule has 1 unspecified atom stereocenters. The highest BCUT2D eigenvalue weighted by molar-refractivity contribution is 6.03. The number of carbonyl (C=O) groups is 1. The molecule has 0 saturated carbocycles. The fourth-order valence-electron chi connectivity index (χ4n) is 3.72. The molecule has 1 amide bonds. The Hall–Kier alpha value is -3.16. The van der Waals surface area contributed by atoms with Gasteiger partial charge in [-0.25, -0.2) is 4.39 Å². The molecule has 4 rings (SSSR count). The maximum Gasteiger partial charge on any atom is 0.267 e. The van der Waals surface area contributed by atoms with Crippen LogP contribution < -0.4 is 10.9 Å². The molecule has 1 aliphatic heterocycles. The van der Waals surface area contributed by atoms with Gasteiger partial charge in [-0.3, -0.25) is 14.3 Å². The van der Waals surface area contributed by atoms with Gasteiger partial charge in [0.15, 0.2) is 0 Å². The highest BCUT2D eigenvalue weighted by Gasteiger charge is 2.28. The van der Waals surface area contributed by atoms with Crippen LogP contribution in [0.15, 0.2) is 29.2 Å². The van der Waals surface area contributed by atoms with E-state index in [0.29, 0.717) is 23.9 Å². The second kappa shape index (κ2) is 6.22. The minimum atomic E-state index is -0.701. The quantitative estimate of drug-likeness (QED) is 0.738. The number of aromatic nitrogens is 3. The molecule has 2 N–H and O–H groups in total. The average Bonchev–Trinajstić information content (AvgIpc) is 3.03. The fourth-order valence-corrected chi connectivity index (χ4v) is 3.72. The molecule has 0 bridgehead atoms. The van der Waals surface area contributed by atoms with Crippen molar-refractivity contribution in [2.75, 3.05) is 0 Å². The Labute approximate surface area is 154 Å². The third-order valence-electron chi connectivity index (χ3n) is 5.17. The van der Waals surface area contributed by atoms with Gasteiger partial charge in [0.2, 0.25) is 0 Å². The Kier molecular flexibility index (Phi) is 3.98. The zero-order chi connectivity index (χ0) is 19.3. The largest absolute Gasteiger partial charge is 0.506 e. The molecule has 0 radical (unpaired) electrons. The summed E-state index contributed by atoms with van der Waals surface area (Å²) in [5, 5.41) is 17.5. The number of carbonyl (C=O) groups excluding carboxylic acids is 1. The minimum absolute atomic E-state index is 0.149. The molecule has 1 atom stereocenters. The first kappa shape index (κ1) is 17.3. The number of halogens is 1. The van der Waals surface area contributed by atoms with E-state index in [1.165, 1.54) is 16.7 Å². The minimum Gasteiger partial charge on any atom is -0.506 e. The number of amides is 1. The number of aromatic hydroxyl groups is 1. The number of benzene rings is 1. The lowest BCUT2D eigenvalue weighted by molar-refractivity contribution is 0.0945. The molecule has 7 nitrogen and oxygen atoms in total. The number of rotatable bonds is 3. The van der Waals surface area contributed by atoms with Gasteiger partial charge >= 0.3 is 0 Å². The third-order valence-corrected chi connectivity index (χ3v) is 5.17. The van der Waals surface area contributed by atoms with Crippen LogP contribution in [0.1, 0.15) is 41.0 Å². The predicted octanol–water partition coefficient (Wildman–Crippen LogP) is 2.02. The van der Waals surface area contributed by atoms with Crippen LogP contribution in [-0.4, -0.2) is 25.4 Å². The van der Waals surface area contributed by atoms with Crippen molar-refractivity contribution in [3.8, 4) is 5.75 Å². The summed E-state index contributed by atoms with van der Waals surface area (Å²) >= 11 is 0. The number of hydrogen-bond donors (Lipinski definition) is 2. The molecule has 0 fully saturated rings. The molecule has 0 spiro atoms. The van der Waals surface area contributed by atoms with Crippen LogP contribution in [0.25, 0.3) is 10.9 Å². The summed E-state index contributed by atoms with van der Waals surface area (Å²) in [6.07, 6.45) is 2.87. The molecule has 1 aliphatic rings. The standard InChI is InChI=1S/C19H19FN4O3/c1-10-3-4-11-7-12(20)8-14-16(11)24(10)19(27)15(17(14)25)18(26)21-9-13-5-6-22-23(13)2/h5-8,10,25H,3-4,9H2,1-2H3,(H,21,26). The predicted molar refractivity (Wildman–Crippen MR) is 97.2 cm³/mol. The first-order valence-electron chi connectivity index (χ1n) is 8.73. The summed E-state index contributed by atoms with van der Waals surface area (Å²) in [4.78, 5) is 25.7. The molecule has 0 aliphatic carbocycles. The van der Waals surface area contributed by atoms with Gasteiger partial charge < -0.3 is 15.0 Å².